The number of carbonyl (C=O) groups is 2. The van der Waals surface area contributed by atoms with E-state index in [-0.39, 0.29) is 11.9 Å². The van der Waals surface area contributed by atoms with Gasteiger partial charge in [-0.1, -0.05) is 23.4 Å². The van der Waals surface area contributed by atoms with Crippen molar-refractivity contribution < 1.29 is 14.1 Å². The summed E-state index contributed by atoms with van der Waals surface area (Å²) >= 11 is 1.30. The summed E-state index contributed by atoms with van der Waals surface area (Å²) in [6, 6.07) is 11.8. The van der Waals surface area contributed by atoms with Gasteiger partial charge in [-0.15, -0.1) is 0 Å². The van der Waals surface area contributed by atoms with Crippen molar-refractivity contribution in [3.8, 4) is 0 Å². The maximum atomic E-state index is 12.7. The average molecular weight is 477 g/mol. The Morgan fingerprint density at radius 3 is 2.35 bits per heavy atom. The lowest BCUT2D eigenvalue weighted by Gasteiger charge is -2.16. The van der Waals surface area contributed by atoms with Crippen LogP contribution in [0.1, 0.15) is 56.9 Å². The molecule has 0 bridgehead atoms. The van der Waals surface area contributed by atoms with Crippen molar-refractivity contribution in [1.82, 2.24) is 15.2 Å². The number of rotatable bonds is 7. The lowest BCUT2D eigenvalue weighted by atomic mass is 9.99. The number of aromatic nitrogens is 1. The molecular formula is C26H28N4O3S. The number of fused-ring (bicyclic) bond motifs is 2. The highest BCUT2D eigenvalue weighted by atomic mass is 32.2. The van der Waals surface area contributed by atoms with Crippen molar-refractivity contribution in [1.29, 1.82) is 0 Å². The maximum absolute atomic E-state index is 12.7. The first-order chi connectivity index (χ1) is 16.6. The summed E-state index contributed by atoms with van der Waals surface area (Å²) in [4.78, 5) is 25.7. The van der Waals surface area contributed by atoms with Crippen LogP contribution in [-0.4, -0.2) is 23.6 Å². The van der Waals surface area contributed by atoms with Gasteiger partial charge in [-0.3, -0.25) is 9.52 Å². The van der Waals surface area contributed by atoms with Crippen molar-refractivity contribution in [2.45, 2.75) is 56.8 Å². The number of aryl methyl sites for hydroxylation is 3. The van der Waals surface area contributed by atoms with Gasteiger partial charge in [0.1, 0.15) is 5.76 Å². The number of amides is 3. The first-order valence-corrected chi connectivity index (χ1v) is 12.6. The first kappa shape index (κ1) is 22.5. The number of nitrogens with zero attached hydrogens (tertiary/aromatic N) is 1. The summed E-state index contributed by atoms with van der Waals surface area (Å²) in [5.74, 6) is 0.367. The van der Waals surface area contributed by atoms with Gasteiger partial charge in [-0.2, -0.15) is 0 Å². The fraction of sp³-hybridized carbons (Fsp3) is 0.346. The number of urea groups is 1. The van der Waals surface area contributed by atoms with Crippen LogP contribution in [-0.2, 0) is 32.1 Å². The van der Waals surface area contributed by atoms with Crippen molar-refractivity contribution in [3.63, 3.8) is 0 Å². The summed E-state index contributed by atoms with van der Waals surface area (Å²) in [5.41, 5.74) is 7.92. The van der Waals surface area contributed by atoms with Crippen LogP contribution in [0, 0.1) is 6.92 Å². The highest BCUT2D eigenvalue weighted by molar-refractivity contribution is 7.98. The van der Waals surface area contributed by atoms with Crippen LogP contribution in [0.2, 0.25) is 0 Å². The van der Waals surface area contributed by atoms with Crippen LogP contribution < -0.4 is 15.4 Å². The molecule has 1 aromatic heterocycles. The van der Waals surface area contributed by atoms with Gasteiger partial charge in [0.25, 0.3) is 5.91 Å². The molecule has 7 nitrogen and oxygen atoms in total. The number of hydrogen-bond acceptors (Lipinski definition) is 5. The molecule has 2 aromatic carbocycles. The Kier molecular flexibility index (Phi) is 6.58. The third-order valence-corrected chi connectivity index (χ3v) is 7.25. The van der Waals surface area contributed by atoms with Crippen LogP contribution in [0.3, 0.4) is 0 Å². The van der Waals surface area contributed by atoms with E-state index in [0.717, 1.165) is 41.8 Å². The molecule has 0 radical (unpaired) electrons. The van der Waals surface area contributed by atoms with E-state index in [1.54, 1.807) is 13.0 Å². The highest BCUT2D eigenvalue weighted by Crippen LogP contribution is 2.38. The molecule has 0 unspecified atom stereocenters. The highest BCUT2D eigenvalue weighted by Gasteiger charge is 2.25. The zero-order chi connectivity index (χ0) is 23.5. The van der Waals surface area contributed by atoms with E-state index < -0.39 is 0 Å². The molecule has 3 amide bonds. The zero-order valence-corrected chi connectivity index (χ0v) is 20.0. The molecule has 0 atom stereocenters. The third kappa shape index (κ3) is 4.97. The van der Waals surface area contributed by atoms with Crippen molar-refractivity contribution >= 4 is 29.6 Å². The topological polar surface area (TPSA) is 96.3 Å². The minimum Gasteiger partial charge on any atom is -0.361 e. The van der Waals surface area contributed by atoms with E-state index in [9.17, 15) is 9.59 Å². The fourth-order valence-electron chi connectivity index (χ4n) is 4.82. The molecule has 0 fully saturated rings. The Hall–Kier alpha value is -3.26. The maximum Gasteiger partial charge on any atom is 0.329 e. The van der Waals surface area contributed by atoms with E-state index in [1.807, 2.05) is 24.3 Å². The summed E-state index contributed by atoms with van der Waals surface area (Å²) in [5, 5.41) is 9.72. The molecule has 34 heavy (non-hydrogen) atoms. The number of benzene rings is 2. The molecular weight excluding hydrogens is 448 g/mol. The Bertz CT molecular complexity index is 1190. The fourth-order valence-corrected chi connectivity index (χ4v) is 5.35. The Balaban J connectivity index is 1.11. The Morgan fingerprint density at radius 2 is 1.71 bits per heavy atom. The minimum absolute atomic E-state index is 0.186. The number of hydrogen-bond donors (Lipinski definition) is 3. The van der Waals surface area contributed by atoms with Gasteiger partial charge in [-0.05, 0) is 104 Å². The second-order valence-electron chi connectivity index (χ2n) is 8.86. The van der Waals surface area contributed by atoms with Crippen LogP contribution in [0.5, 0.6) is 0 Å². The van der Waals surface area contributed by atoms with E-state index in [0.29, 0.717) is 24.4 Å². The summed E-state index contributed by atoms with van der Waals surface area (Å²) in [6.45, 7) is 2.25. The summed E-state index contributed by atoms with van der Waals surface area (Å²) in [7, 11) is 0. The quantitative estimate of drug-likeness (QED) is 0.427. The van der Waals surface area contributed by atoms with E-state index in [2.05, 4.69) is 26.6 Å². The third-order valence-electron chi connectivity index (χ3n) is 6.46. The van der Waals surface area contributed by atoms with Gasteiger partial charge >= 0.3 is 6.03 Å². The molecule has 3 N–H and O–H groups in total. The second-order valence-corrected chi connectivity index (χ2v) is 9.74. The standard InChI is InChI=1S/C26H28N4O3S/c1-16-14-23(29-33-16)25(31)27-13-12-17-8-10-20(11-9-17)34-30-26(32)28-24-21-6-2-4-18(21)15-19-5-3-7-22(19)24/h8-11,14-15H,2-7,12-13H2,1H3,(H,27,31)(H2,28,30,32). The monoisotopic (exact) mass is 476 g/mol. The van der Waals surface area contributed by atoms with E-state index in [4.69, 9.17) is 4.52 Å². The average Bonchev–Trinajstić information content (AvgIpc) is 3.59. The predicted octanol–water partition coefficient (Wildman–Crippen LogP) is 4.76. The van der Waals surface area contributed by atoms with E-state index >= 15 is 0 Å². The van der Waals surface area contributed by atoms with Gasteiger partial charge in [-0.25, -0.2) is 4.79 Å². The SMILES string of the molecule is Cc1cc(C(=O)NCCc2ccc(SNC(=O)Nc3c4c(cc5c3CCC5)CCC4)cc2)no1. The lowest BCUT2D eigenvalue weighted by Crippen LogP contribution is -2.25. The molecule has 0 saturated carbocycles. The Morgan fingerprint density at radius 1 is 1.00 bits per heavy atom. The van der Waals surface area contributed by atoms with Crippen molar-refractivity contribution in [3.05, 3.63) is 75.7 Å². The molecule has 0 spiro atoms. The van der Waals surface area contributed by atoms with Crippen molar-refractivity contribution in [2.24, 2.45) is 0 Å². The molecule has 8 heteroatoms. The molecule has 176 valence electrons. The van der Waals surface area contributed by atoms with Crippen LogP contribution in [0.15, 0.2) is 45.8 Å². The Labute approximate surface area is 203 Å². The number of carbonyl (C=O) groups excluding carboxylic acids is 2. The zero-order valence-electron chi connectivity index (χ0n) is 19.2. The van der Waals surface area contributed by atoms with E-state index in [1.165, 1.54) is 47.0 Å². The van der Waals surface area contributed by atoms with Crippen LogP contribution in [0.25, 0.3) is 0 Å². The smallest absolute Gasteiger partial charge is 0.329 e. The number of nitrogens with one attached hydrogen (secondary N) is 3. The molecule has 0 saturated heterocycles. The minimum atomic E-state index is -0.242. The molecule has 2 aliphatic carbocycles. The predicted molar refractivity (Wildman–Crippen MR) is 132 cm³/mol. The summed E-state index contributed by atoms with van der Waals surface area (Å²) in [6.07, 6.45) is 7.36. The van der Waals surface area contributed by atoms with Crippen molar-refractivity contribution in [2.75, 3.05) is 11.9 Å². The van der Waals surface area contributed by atoms with Gasteiger partial charge in [0, 0.05) is 23.2 Å². The van der Waals surface area contributed by atoms with Gasteiger partial charge < -0.3 is 15.2 Å². The largest absolute Gasteiger partial charge is 0.361 e. The molecule has 5 rings (SSSR count). The molecule has 3 aromatic rings. The summed E-state index contributed by atoms with van der Waals surface area (Å²) < 4.78 is 7.85. The van der Waals surface area contributed by atoms with Crippen LogP contribution >= 0.6 is 11.9 Å². The normalized spacial score (nSPS) is 13.9. The number of anilines is 1. The van der Waals surface area contributed by atoms with Gasteiger partial charge in [0.2, 0.25) is 0 Å². The molecule has 1 heterocycles. The first-order valence-electron chi connectivity index (χ1n) is 11.8. The molecule has 0 aliphatic heterocycles. The lowest BCUT2D eigenvalue weighted by molar-refractivity contribution is 0.0945. The second kappa shape index (κ2) is 9.93. The van der Waals surface area contributed by atoms with Crippen LogP contribution in [0.4, 0.5) is 10.5 Å². The van der Waals surface area contributed by atoms with Gasteiger partial charge in [0.05, 0.1) is 0 Å². The molecule has 2 aliphatic rings. The van der Waals surface area contributed by atoms with Gasteiger partial charge in [0.15, 0.2) is 5.69 Å².